The maximum atomic E-state index is 5.44. The molecular weight excluding hydrogens is 332 g/mol. The van der Waals surface area contributed by atoms with Gasteiger partial charge in [-0.2, -0.15) is 4.98 Å². The highest BCUT2D eigenvalue weighted by Gasteiger charge is 2.32. The molecule has 0 unspecified atom stereocenters. The molecule has 21 heavy (non-hydrogen) atoms. The normalized spacial score (nSPS) is 17.8. The Hall–Kier alpha value is -1.27. The average Bonchev–Trinajstić information content (AvgIpc) is 2.96. The van der Waals surface area contributed by atoms with Gasteiger partial charge in [-0.1, -0.05) is 24.4 Å². The summed E-state index contributed by atoms with van der Waals surface area (Å²) in [6, 6.07) is 1.94. The van der Waals surface area contributed by atoms with Gasteiger partial charge in [-0.3, -0.25) is 4.98 Å². The van der Waals surface area contributed by atoms with E-state index in [9.17, 15) is 0 Å². The van der Waals surface area contributed by atoms with Crippen LogP contribution in [0.15, 0.2) is 27.5 Å². The lowest BCUT2D eigenvalue weighted by molar-refractivity contribution is 0.221. The van der Waals surface area contributed by atoms with E-state index in [1.165, 1.54) is 32.1 Å². The van der Waals surface area contributed by atoms with Gasteiger partial charge in [0.15, 0.2) is 0 Å². The van der Waals surface area contributed by atoms with Crippen molar-refractivity contribution in [1.29, 1.82) is 0 Å². The number of pyridine rings is 1. The first-order valence-corrected chi connectivity index (χ1v) is 8.12. The SMILES string of the molecule is CNC1(Cc2nc(-c3cncc(Br)c3)no2)CCCCC1. The van der Waals surface area contributed by atoms with Crippen molar-refractivity contribution in [2.45, 2.75) is 44.1 Å². The molecule has 112 valence electrons. The fraction of sp³-hybridized carbons (Fsp3) is 0.533. The van der Waals surface area contributed by atoms with E-state index >= 15 is 0 Å². The van der Waals surface area contributed by atoms with Gasteiger partial charge in [-0.05, 0) is 41.9 Å². The Bertz CT molecular complexity index is 607. The Morgan fingerprint density at radius 1 is 1.29 bits per heavy atom. The van der Waals surface area contributed by atoms with Crippen LogP contribution in [0, 0.1) is 0 Å². The maximum Gasteiger partial charge on any atom is 0.228 e. The van der Waals surface area contributed by atoms with Crippen molar-refractivity contribution in [1.82, 2.24) is 20.4 Å². The molecule has 0 radical (unpaired) electrons. The van der Waals surface area contributed by atoms with E-state index in [2.05, 4.69) is 36.4 Å². The highest BCUT2D eigenvalue weighted by Crippen LogP contribution is 2.31. The predicted octanol–water partition coefficient (Wildman–Crippen LogP) is 3.36. The van der Waals surface area contributed by atoms with Crippen LogP contribution in [0.5, 0.6) is 0 Å². The number of halogens is 1. The Labute approximate surface area is 132 Å². The van der Waals surface area contributed by atoms with Crippen LogP contribution in [0.2, 0.25) is 0 Å². The number of aromatic nitrogens is 3. The van der Waals surface area contributed by atoms with Crippen LogP contribution in [0.1, 0.15) is 38.0 Å². The molecule has 0 spiro atoms. The fourth-order valence-corrected chi connectivity index (χ4v) is 3.38. The second-order valence-electron chi connectivity index (χ2n) is 5.67. The third kappa shape index (κ3) is 3.32. The number of likely N-dealkylation sites (N-methyl/N-ethyl adjacent to an activating group) is 1. The smallest absolute Gasteiger partial charge is 0.228 e. The van der Waals surface area contributed by atoms with Crippen molar-refractivity contribution in [2.75, 3.05) is 7.05 Å². The standard InChI is InChI=1S/C15H19BrN4O/c1-17-15(5-3-2-4-6-15)8-13-19-14(20-21-13)11-7-12(16)10-18-9-11/h7,9-10,17H,2-6,8H2,1H3. The second kappa shape index (κ2) is 6.23. The number of nitrogens with zero attached hydrogens (tertiary/aromatic N) is 3. The molecule has 1 aliphatic carbocycles. The predicted molar refractivity (Wildman–Crippen MR) is 83.8 cm³/mol. The first kappa shape index (κ1) is 14.7. The van der Waals surface area contributed by atoms with Crippen molar-refractivity contribution in [2.24, 2.45) is 0 Å². The zero-order chi connectivity index (χ0) is 14.7. The molecule has 0 aromatic carbocycles. The van der Waals surface area contributed by atoms with E-state index in [-0.39, 0.29) is 5.54 Å². The Kier molecular flexibility index (Phi) is 4.35. The van der Waals surface area contributed by atoms with Gasteiger partial charge in [0, 0.05) is 34.4 Å². The van der Waals surface area contributed by atoms with E-state index in [0.717, 1.165) is 16.5 Å². The maximum absolute atomic E-state index is 5.44. The number of rotatable bonds is 4. The Balaban J connectivity index is 1.78. The molecule has 6 heteroatoms. The molecule has 0 atom stereocenters. The average molecular weight is 351 g/mol. The summed E-state index contributed by atoms with van der Waals surface area (Å²) >= 11 is 3.41. The number of nitrogens with one attached hydrogen (secondary N) is 1. The monoisotopic (exact) mass is 350 g/mol. The first-order chi connectivity index (χ1) is 10.2. The van der Waals surface area contributed by atoms with Crippen molar-refractivity contribution in [3.63, 3.8) is 0 Å². The fourth-order valence-electron chi connectivity index (χ4n) is 3.01. The minimum absolute atomic E-state index is 0.109. The van der Waals surface area contributed by atoms with Gasteiger partial charge < -0.3 is 9.84 Å². The van der Waals surface area contributed by atoms with E-state index in [4.69, 9.17) is 4.52 Å². The van der Waals surface area contributed by atoms with Crippen LogP contribution >= 0.6 is 15.9 Å². The molecule has 0 saturated heterocycles. The highest BCUT2D eigenvalue weighted by molar-refractivity contribution is 9.10. The zero-order valence-electron chi connectivity index (χ0n) is 12.1. The van der Waals surface area contributed by atoms with Crippen LogP contribution < -0.4 is 5.32 Å². The van der Waals surface area contributed by atoms with Crippen LogP contribution in [0.25, 0.3) is 11.4 Å². The first-order valence-electron chi connectivity index (χ1n) is 7.33. The molecule has 0 aliphatic heterocycles. The van der Waals surface area contributed by atoms with E-state index in [0.29, 0.717) is 11.7 Å². The largest absolute Gasteiger partial charge is 0.339 e. The minimum Gasteiger partial charge on any atom is -0.339 e. The third-order valence-corrected chi connectivity index (χ3v) is 4.70. The number of hydrogen-bond donors (Lipinski definition) is 1. The van der Waals surface area contributed by atoms with E-state index in [1.807, 2.05) is 13.1 Å². The zero-order valence-corrected chi connectivity index (χ0v) is 13.7. The molecule has 2 aromatic rings. The summed E-state index contributed by atoms with van der Waals surface area (Å²) < 4.78 is 6.35. The summed E-state index contributed by atoms with van der Waals surface area (Å²) in [6.45, 7) is 0. The van der Waals surface area contributed by atoms with Crippen molar-refractivity contribution >= 4 is 15.9 Å². The molecule has 3 rings (SSSR count). The van der Waals surface area contributed by atoms with Gasteiger partial charge in [-0.25, -0.2) is 0 Å². The van der Waals surface area contributed by atoms with E-state index < -0.39 is 0 Å². The molecule has 1 saturated carbocycles. The summed E-state index contributed by atoms with van der Waals surface area (Å²) in [4.78, 5) is 8.66. The molecule has 0 bridgehead atoms. The van der Waals surface area contributed by atoms with Crippen molar-refractivity contribution < 1.29 is 4.52 Å². The summed E-state index contributed by atoms with van der Waals surface area (Å²) in [7, 11) is 2.03. The molecule has 1 fully saturated rings. The van der Waals surface area contributed by atoms with Gasteiger partial charge in [0.1, 0.15) is 0 Å². The third-order valence-electron chi connectivity index (χ3n) is 4.26. The van der Waals surface area contributed by atoms with Crippen LogP contribution in [-0.4, -0.2) is 27.7 Å². The van der Waals surface area contributed by atoms with Gasteiger partial charge in [-0.15, -0.1) is 0 Å². The quantitative estimate of drug-likeness (QED) is 0.915. The molecule has 2 aromatic heterocycles. The molecule has 5 nitrogen and oxygen atoms in total. The van der Waals surface area contributed by atoms with Gasteiger partial charge in [0.25, 0.3) is 0 Å². The van der Waals surface area contributed by atoms with E-state index in [1.54, 1.807) is 12.4 Å². The minimum atomic E-state index is 0.109. The summed E-state index contributed by atoms with van der Waals surface area (Å²) in [6.07, 6.45) is 10.4. The van der Waals surface area contributed by atoms with Crippen LogP contribution in [0.3, 0.4) is 0 Å². The summed E-state index contributed by atoms with van der Waals surface area (Å²) in [5.74, 6) is 1.29. The van der Waals surface area contributed by atoms with Gasteiger partial charge in [0.2, 0.25) is 11.7 Å². The Morgan fingerprint density at radius 2 is 2.10 bits per heavy atom. The van der Waals surface area contributed by atoms with Crippen LogP contribution in [0.4, 0.5) is 0 Å². The lowest BCUT2D eigenvalue weighted by Crippen LogP contribution is -2.46. The molecule has 1 N–H and O–H groups in total. The van der Waals surface area contributed by atoms with Gasteiger partial charge >= 0.3 is 0 Å². The van der Waals surface area contributed by atoms with Crippen molar-refractivity contribution in [3.05, 3.63) is 28.8 Å². The molecule has 1 aliphatic rings. The number of hydrogen-bond acceptors (Lipinski definition) is 5. The summed E-state index contributed by atoms with van der Waals surface area (Å²) in [5, 5.41) is 7.56. The highest BCUT2D eigenvalue weighted by atomic mass is 79.9. The topological polar surface area (TPSA) is 63.8 Å². The summed E-state index contributed by atoms with van der Waals surface area (Å²) in [5.41, 5.74) is 0.971. The Morgan fingerprint density at radius 3 is 2.81 bits per heavy atom. The lowest BCUT2D eigenvalue weighted by Gasteiger charge is -2.36. The second-order valence-corrected chi connectivity index (χ2v) is 6.59. The lowest BCUT2D eigenvalue weighted by atomic mass is 9.79. The molecular formula is C15H19BrN4O. The van der Waals surface area contributed by atoms with Crippen LogP contribution in [-0.2, 0) is 6.42 Å². The molecule has 2 heterocycles. The van der Waals surface area contributed by atoms with Gasteiger partial charge in [0.05, 0.1) is 0 Å². The molecule has 0 amide bonds. The van der Waals surface area contributed by atoms with Crippen molar-refractivity contribution in [3.8, 4) is 11.4 Å².